The second-order valence-corrected chi connectivity index (χ2v) is 3.42. The van der Waals surface area contributed by atoms with Crippen molar-refractivity contribution in [3.63, 3.8) is 0 Å². The number of oxazole rings is 1. The first kappa shape index (κ1) is 10.4. The number of hydrogen-bond acceptors (Lipinski definition) is 4. The number of carboxylic acids is 1. The molecule has 0 aliphatic carbocycles. The first-order chi connectivity index (χ1) is 7.56. The normalized spacial score (nSPS) is 10.6. The van der Waals surface area contributed by atoms with Crippen LogP contribution >= 0.6 is 0 Å². The van der Waals surface area contributed by atoms with Gasteiger partial charge >= 0.3 is 5.97 Å². The Bertz CT molecular complexity index is 570. The van der Waals surface area contributed by atoms with Gasteiger partial charge in [0, 0.05) is 5.56 Å². The number of aromatic nitrogens is 1. The molecule has 0 saturated heterocycles. The average Bonchev–Trinajstić information content (AvgIpc) is 2.56. The van der Waals surface area contributed by atoms with Crippen molar-refractivity contribution < 1.29 is 19.1 Å². The summed E-state index contributed by atoms with van der Waals surface area (Å²) in [5, 5.41) is 8.58. The average molecular weight is 219 g/mol. The minimum absolute atomic E-state index is 0.0712. The summed E-state index contributed by atoms with van der Waals surface area (Å²) in [5.74, 6) is -0.931. The Morgan fingerprint density at radius 3 is 2.81 bits per heavy atom. The minimum atomic E-state index is -1.00. The lowest BCUT2D eigenvalue weighted by Crippen LogP contribution is -1.99. The van der Waals surface area contributed by atoms with Crippen molar-refractivity contribution in [3.8, 4) is 0 Å². The topological polar surface area (TPSA) is 80.4 Å². The number of ketones is 1. The van der Waals surface area contributed by atoms with Crippen LogP contribution in [-0.4, -0.2) is 21.8 Å². The van der Waals surface area contributed by atoms with Gasteiger partial charge in [0.05, 0.1) is 0 Å². The summed E-state index contributed by atoms with van der Waals surface area (Å²) < 4.78 is 5.23. The number of nitrogens with zero attached hydrogens (tertiary/aromatic N) is 1. The molecule has 0 atom stereocenters. The summed E-state index contributed by atoms with van der Waals surface area (Å²) >= 11 is 0. The highest BCUT2D eigenvalue weighted by Crippen LogP contribution is 2.17. The molecule has 1 heterocycles. The van der Waals surface area contributed by atoms with Gasteiger partial charge in [0.1, 0.15) is 11.9 Å². The van der Waals surface area contributed by atoms with E-state index in [2.05, 4.69) is 4.98 Å². The first-order valence-electron chi connectivity index (χ1n) is 4.68. The van der Waals surface area contributed by atoms with Gasteiger partial charge in [-0.05, 0) is 25.1 Å². The maximum absolute atomic E-state index is 11.1. The number of carbonyl (C=O) groups excluding carboxylic acids is 1. The predicted molar refractivity (Wildman–Crippen MR) is 55.4 cm³/mol. The van der Waals surface area contributed by atoms with E-state index in [1.807, 2.05) is 0 Å². The van der Waals surface area contributed by atoms with Gasteiger partial charge in [-0.15, -0.1) is 0 Å². The Balaban J connectivity index is 2.45. The molecule has 1 N–H and O–H groups in total. The highest BCUT2D eigenvalue weighted by Gasteiger charge is 2.10. The van der Waals surface area contributed by atoms with Crippen LogP contribution in [0.1, 0.15) is 23.2 Å². The molecule has 5 nitrogen and oxygen atoms in total. The zero-order valence-corrected chi connectivity index (χ0v) is 8.56. The Hall–Kier alpha value is -2.17. The van der Waals surface area contributed by atoms with Crippen molar-refractivity contribution >= 4 is 22.9 Å². The molecule has 0 bridgehead atoms. The molecule has 0 saturated carbocycles. The number of carbonyl (C=O) groups is 2. The van der Waals surface area contributed by atoms with Gasteiger partial charge in [-0.3, -0.25) is 9.59 Å². The van der Waals surface area contributed by atoms with Gasteiger partial charge in [0.2, 0.25) is 5.89 Å². The van der Waals surface area contributed by atoms with E-state index in [9.17, 15) is 9.59 Å². The van der Waals surface area contributed by atoms with Crippen molar-refractivity contribution in [3.05, 3.63) is 29.7 Å². The Kier molecular flexibility index (Phi) is 2.44. The predicted octanol–water partition coefficient (Wildman–Crippen LogP) is 1.66. The van der Waals surface area contributed by atoms with E-state index in [1.54, 1.807) is 18.2 Å². The molecule has 82 valence electrons. The van der Waals surface area contributed by atoms with Crippen LogP contribution in [0.4, 0.5) is 0 Å². The number of carboxylic acid groups (broad SMARTS) is 1. The van der Waals surface area contributed by atoms with Gasteiger partial charge in [-0.1, -0.05) is 0 Å². The van der Waals surface area contributed by atoms with Gasteiger partial charge in [-0.2, -0.15) is 0 Å². The van der Waals surface area contributed by atoms with Crippen LogP contribution in [0.25, 0.3) is 11.1 Å². The zero-order chi connectivity index (χ0) is 11.7. The molecule has 2 rings (SSSR count). The Morgan fingerprint density at radius 1 is 1.44 bits per heavy atom. The molecule has 0 unspecified atom stereocenters. The van der Waals surface area contributed by atoms with E-state index in [0.717, 1.165) is 0 Å². The Morgan fingerprint density at radius 2 is 2.19 bits per heavy atom. The molecular formula is C11H9NO4. The molecule has 0 amide bonds. The maximum atomic E-state index is 11.1. The lowest BCUT2D eigenvalue weighted by Gasteiger charge is -1.92. The van der Waals surface area contributed by atoms with Crippen LogP contribution in [0.5, 0.6) is 0 Å². The largest absolute Gasteiger partial charge is 0.481 e. The molecule has 0 fully saturated rings. The molecule has 5 heteroatoms. The summed E-state index contributed by atoms with van der Waals surface area (Å²) in [5.41, 5.74) is 1.51. The second-order valence-electron chi connectivity index (χ2n) is 3.42. The van der Waals surface area contributed by atoms with Crippen LogP contribution in [0.3, 0.4) is 0 Å². The number of benzene rings is 1. The quantitative estimate of drug-likeness (QED) is 0.794. The van der Waals surface area contributed by atoms with Crippen molar-refractivity contribution in [2.45, 2.75) is 13.3 Å². The van der Waals surface area contributed by atoms with Gasteiger partial charge in [0.25, 0.3) is 0 Å². The van der Waals surface area contributed by atoms with E-state index in [4.69, 9.17) is 9.52 Å². The molecular weight excluding hydrogens is 210 g/mol. The Labute approximate surface area is 90.7 Å². The summed E-state index contributed by atoms with van der Waals surface area (Å²) in [6, 6.07) is 4.84. The fourth-order valence-corrected chi connectivity index (χ4v) is 1.40. The van der Waals surface area contributed by atoms with Gasteiger partial charge in [-0.25, -0.2) is 4.98 Å². The van der Waals surface area contributed by atoms with E-state index in [-0.39, 0.29) is 18.1 Å². The van der Waals surface area contributed by atoms with E-state index in [1.165, 1.54) is 6.92 Å². The molecule has 0 aliphatic heterocycles. The second kappa shape index (κ2) is 3.77. The standard InChI is InChI=1S/C11H9NO4/c1-6(13)7-2-3-8-9(4-7)16-10(12-8)5-11(14)15/h2-4H,5H2,1H3,(H,14,15). The highest BCUT2D eigenvalue weighted by atomic mass is 16.4. The SMILES string of the molecule is CC(=O)c1ccc2nc(CC(=O)O)oc2c1. The number of hydrogen-bond donors (Lipinski definition) is 1. The third kappa shape index (κ3) is 1.93. The summed E-state index contributed by atoms with van der Waals surface area (Å²) in [6.07, 6.45) is -0.260. The summed E-state index contributed by atoms with van der Waals surface area (Å²) in [4.78, 5) is 25.6. The minimum Gasteiger partial charge on any atom is -0.481 e. The van der Waals surface area contributed by atoms with E-state index < -0.39 is 5.97 Å². The summed E-state index contributed by atoms with van der Waals surface area (Å²) in [6.45, 7) is 1.45. The smallest absolute Gasteiger partial charge is 0.312 e. The number of aliphatic carboxylic acids is 1. The van der Waals surface area contributed by atoms with Crippen molar-refractivity contribution in [2.24, 2.45) is 0 Å². The summed E-state index contributed by atoms with van der Waals surface area (Å²) in [7, 11) is 0. The molecule has 0 radical (unpaired) electrons. The van der Waals surface area contributed by atoms with Crippen LogP contribution < -0.4 is 0 Å². The van der Waals surface area contributed by atoms with Crippen LogP contribution in [0, 0.1) is 0 Å². The van der Waals surface area contributed by atoms with Crippen molar-refractivity contribution in [1.29, 1.82) is 0 Å². The molecule has 0 spiro atoms. The van der Waals surface area contributed by atoms with Gasteiger partial charge < -0.3 is 9.52 Å². The molecule has 0 aliphatic rings. The number of Topliss-reactive ketones (excluding diaryl/α,β-unsaturated/α-hetero) is 1. The third-order valence-electron chi connectivity index (χ3n) is 2.14. The van der Waals surface area contributed by atoms with Crippen molar-refractivity contribution in [1.82, 2.24) is 4.98 Å². The monoisotopic (exact) mass is 219 g/mol. The lowest BCUT2D eigenvalue weighted by atomic mass is 10.1. The van der Waals surface area contributed by atoms with E-state index >= 15 is 0 Å². The fourth-order valence-electron chi connectivity index (χ4n) is 1.40. The molecule has 1 aromatic carbocycles. The number of rotatable bonds is 3. The lowest BCUT2D eigenvalue weighted by molar-refractivity contribution is -0.136. The number of fused-ring (bicyclic) bond motifs is 1. The van der Waals surface area contributed by atoms with Crippen LogP contribution in [-0.2, 0) is 11.2 Å². The maximum Gasteiger partial charge on any atom is 0.312 e. The molecule has 1 aromatic heterocycles. The van der Waals surface area contributed by atoms with Crippen molar-refractivity contribution in [2.75, 3.05) is 0 Å². The van der Waals surface area contributed by atoms with Crippen LogP contribution in [0.2, 0.25) is 0 Å². The third-order valence-corrected chi connectivity index (χ3v) is 2.14. The molecule has 2 aromatic rings. The van der Waals surface area contributed by atoms with Gasteiger partial charge in [0.15, 0.2) is 11.4 Å². The van der Waals surface area contributed by atoms with Crippen LogP contribution in [0.15, 0.2) is 22.6 Å². The first-order valence-corrected chi connectivity index (χ1v) is 4.68. The zero-order valence-electron chi connectivity index (χ0n) is 8.56. The van der Waals surface area contributed by atoms with E-state index in [0.29, 0.717) is 16.7 Å². The molecule has 16 heavy (non-hydrogen) atoms. The fraction of sp³-hybridized carbons (Fsp3) is 0.182. The highest BCUT2D eigenvalue weighted by molar-refractivity contribution is 5.96.